The fourth-order valence-corrected chi connectivity index (χ4v) is 11.5. The van der Waals surface area contributed by atoms with Gasteiger partial charge in [0.25, 0.3) is 0 Å². The predicted molar refractivity (Wildman–Crippen MR) is 406 cm³/mol. The third kappa shape index (κ3) is 24.2. The number of esters is 2. The van der Waals surface area contributed by atoms with Gasteiger partial charge in [-0.15, -0.1) is 6.42 Å². The Morgan fingerprint density at radius 1 is 0.444 bits per heavy atom. The summed E-state index contributed by atoms with van der Waals surface area (Å²) in [6.45, 7) is 11.1. The molecule has 0 fully saturated rings. The second kappa shape index (κ2) is 35.3. The zero-order valence-corrected chi connectivity index (χ0v) is 60.9. The highest BCUT2D eigenvalue weighted by atomic mass is 127. The van der Waals surface area contributed by atoms with Crippen LogP contribution in [0.1, 0.15) is 69.4 Å². The molecule has 0 amide bonds. The van der Waals surface area contributed by atoms with Crippen LogP contribution in [0.5, 0.6) is 34.5 Å². The van der Waals surface area contributed by atoms with E-state index in [2.05, 4.69) is 82.1 Å². The number of thioether (sulfide) groups is 3. The van der Waals surface area contributed by atoms with E-state index in [0.717, 1.165) is 88.6 Å². The Bertz CT molecular complexity index is 4900. The van der Waals surface area contributed by atoms with Crippen molar-refractivity contribution in [3.63, 3.8) is 0 Å². The van der Waals surface area contributed by atoms with Crippen molar-refractivity contribution in [3.05, 3.63) is 247 Å². The molecule has 0 aliphatic rings. The Hall–Kier alpha value is -9.47. The summed E-state index contributed by atoms with van der Waals surface area (Å²) >= 11 is 24.7. The van der Waals surface area contributed by atoms with Crippen LogP contribution in [-0.4, -0.2) is 81.4 Å². The lowest BCUT2D eigenvalue weighted by atomic mass is 10.1. The van der Waals surface area contributed by atoms with Crippen molar-refractivity contribution in [1.29, 1.82) is 0 Å². The van der Waals surface area contributed by atoms with E-state index >= 15 is 0 Å². The largest absolute Gasteiger partial charge is 0.481 e. The Morgan fingerprint density at radius 2 is 0.768 bits per heavy atom. The number of aliphatic carboxylic acids is 1. The van der Waals surface area contributed by atoms with Crippen LogP contribution in [0.2, 0.25) is 15.1 Å². The van der Waals surface area contributed by atoms with Crippen LogP contribution in [0.25, 0.3) is 33.1 Å². The first-order valence-electron chi connectivity index (χ1n) is 30.2. The molecule has 0 unspecified atom stereocenters. The zero-order chi connectivity index (χ0) is 70.5. The van der Waals surface area contributed by atoms with Crippen molar-refractivity contribution >= 4 is 144 Å². The molecule has 12 rings (SSSR count). The Balaban J connectivity index is 0.000000161. The summed E-state index contributed by atoms with van der Waals surface area (Å²) in [6, 6.07) is 62.2. The van der Waals surface area contributed by atoms with E-state index in [4.69, 9.17) is 70.0 Å². The number of nitrogens with one attached hydrogen (secondary N) is 3. The summed E-state index contributed by atoms with van der Waals surface area (Å²) in [5, 5.41) is 12.3. The third-order valence-electron chi connectivity index (χ3n) is 12.8. The van der Waals surface area contributed by atoms with E-state index < -0.39 is 17.2 Å². The number of rotatable bonds is 15. The number of hydrogen-bond acceptors (Lipinski definition) is 14. The van der Waals surface area contributed by atoms with Gasteiger partial charge in [-0.05, 0) is 210 Å². The van der Waals surface area contributed by atoms with Crippen LogP contribution in [0, 0.1) is 39.6 Å². The van der Waals surface area contributed by atoms with E-state index in [1.165, 1.54) is 23.5 Å². The highest BCUT2D eigenvalue weighted by Crippen LogP contribution is 2.31. The molecule has 0 aliphatic carbocycles. The monoisotopic (exact) mass is 1540 g/mol. The summed E-state index contributed by atoms with van der Waals surface area (Å²) in [6.07, 6.45) is 5.26. The maximum absolute atomic E-state index is 12.0. The molecule has 0 aliphatic heterocycles. The highest BCUT2D eigenvalue weighted by molar-refractivity contribution is 14.1. The minimum atomic E-state index is -0.898. The molecule has 3 heterocycles. The molecule has 0 bridgehead atoms. The van der Waals surface area contributed by atoms with Gasteiger partial charge in [0.05, 0.1) is 65.4 Å². The SMILES string of the molecule is C#Cc1ccc(Oc2ccccc2)cc1.CC(C)(C)OC(=O)CSc1nc2cc(Cl)c(C#Cc3ccc(Oc4ccccc4)cc3)cc2[nH]1.CC(C)(C)OC(=O)CSc1nc2cc(I)c(Cl)cc2[nH]1.O=C(O)CSc1nc2cc(Cl)c(C#Cc3ccc(Oc4ccccc4)cc3)cc2[nH]1. The first-order valence-corrected chi connectivity index (χ1v) is 35.4. The van der Waals surface area contributed by atoms with Gasteiger partial charge in [-0.2, -0.15) is 0 Å². The molecule has 0 radical (unpaired) electrons. The summed E-state index contributed by atoms with van der Waals surface area (Å²) in [5.74, 6) is 18.5. The average molecular weight is 1540 g/mol. The number of carboxylic acid groups (broad SMARTS) is 1. The number of nitrogens with zero attached hydrogens (tertiary/aromatic N) is 3. The molecular weight excluding hydrogens is 1480 g/mol. The quantitative estimate of drug-likeness (QED) is 0.0326. The number of carbonyl (C=O) groups excluding carboxylic acids is 2. The summed E-state index contributed by atoms with van der Waals surface area (Å²) < 4.78 is 28.7. The normalized spacial score (nSPS) is 10.8. The topological polar surface area (TPSA) is 204 Å². The van der Waals surface area contributed by atoms with Crippen molar-refractivity contribution in [2.24, 2.45) is 0 Å². The summed E-state index contributed by atoms with van der Waals surface area (Å²) in [7, 11) is 0. The van der Waals surface area contributed by atoms with E-state index in [1.807, 2.05) is 230 Å². The standard InChI is InChI=1S/C27H23ClN2O3S.C23H15ClN2O3S.C14H10O.C13H14ClIN2O2S/c1-27(2,3)33-25(31)17-34-26-29-23-15-19(22(28)16-24(23)30-26)12-9-18-10-13-21(14-11-18)32-20-7-5-4-6-8-20;24-19-13-21-20(25-23(26-21)30-14-22(27)28)12-16(19)9-6-15-7-10-18(11-8-15)29-17-4-2-1-3-5-17;1-2-12-8-10-14(11-9-12)15-13-6-4-3-5-7-13;1-13(2,3)19-11(18)6-20-12-16-9-4-7(14)8(15)5-10(9)17-12/h4-8,10-11,13-16H,17H2,1-3H3,(H,29,30);1-5,7-8,10-13H,14H2,(H,25,26)(H,27,28);1,3-11H;4-5H,6H2,1-3H3,(H,16,17). The maximum atomic E-state index is 12.0. The lowest BCUT2D eigenvalue weighted by Crippen LogP contribution is -2.24. The number of H-pyrrole nitrogens is 3. The molecule has 0 saturated carbocycles. The van der Waals surface area contributed by atoms with Crippen molar-refractivity contribution in [3.8, 4) is 70.5 Å². The predicted octanol–water partition coefficient (Wildman–Crippen LogP) is 20.1. The smallest absolute Gasteiger partial charge is 0.316 e. The molecule has 22 heteroatoms. The Morgan fingerprint density at radius 3 is 1.11 bits per heavy atom. The maximum Gasteiger partial charge on any atom is 0.316 e. The van der Waals surface area contributed by atoms with Gasteiger partial charge < -0.3 is 43.7 Å². The van der Waals surface area contributed by atoms with Gasteiger partial charge in [0.1, 0.15) is 45.7 Å². The molecule has 0 saturated heterocycles. The fourth-order valence-electron chi connectivity index (χ4n) is 8.51. The second-order valence-corrected chi connectivity index (χ2v) is 28.3. The number of carboxylic acids is 1. The summed E-state index contributed by atoms with van der Waals surface area (Å²) in [4.78, 5) is 57.0. The number of aromatic amines is 3. The van der Waals surface area contributed by atoms with Crippen LogP contribution in [0.4, 0.5) is 0 Å². The van der Waals surface area contributed by atoms with Crippen molar-refractivity contribution < 1.29 is 43.2 Å². The lowest BCUT2D eigenvalue weighted by molar-refractivity contribution is -0.152. The van der Waals surface area contributed by atoms with Gasteiger partial charge in [-0.25, -0.2) is 15.0 Å². The first kappa shape index (κ1) is 73.8. The number of imidazole rings is 3. The van der Waals surface area contributed by atoms with E-state index in [0.29, 0.717) is 52.7 Å². The van der Waals surface area contributed by atoms with Gasteiger partial charge in [0.15, 0.2) is 15.5 Å². The van der Waals surface area contributed by atoms with Gasteiger partial charge in [-0.3, -0.25) is 14.4 Å². The van der Waals surface area contributed by atoms with Crippen LogP contribution in [0.15, 0.2) is 216 Å². The van der Waals surface area contributed by atoms with E-state index in [-0.39, 0.29) is 29.2 Å². The van der Waals surface area contributed by atoms with Crippen LogP contribution in [-0.2, 0) is 23.9 Å². The Kier molecular flexibility index (Phi) is 26.3. The van der Waals surface area contributed by atoms with Gasteiger partial charge >= 0.3 is 17.9 Å². The molecule has 12 aromatic rings. The van der Waals surface area contributed by atoms with Crippen molar-refractivity contribution in [2.75, 3.05) is 17.3 Å². The first-order chi connectivity index (χ1) is 47.4. The number of fused-ring (bicyclic) bond motifs is 3. The number of terminal acetylenes is 1. The minimum absolute atomic E-state index is 0.0653. The summed E-state index contributed by atoms with van der Waals surface area (Å²) in [5.41, 5.74) is 7.53. The van der Waals surface area contributed by atoms with Gasteiger partial charge in [0, 0.05) is 31.4 Å². The molecule has 4 N–H and O–H groups in total. The van der Waals surface area contributed by atoms with E-state index in [9.17, 15) is 14.4 Å². The minimum Gasteiger partial charge on any atom is -0.481 e. The van der Waals surface area contributed by atoms with Gasteiger partial charge in [-0.1, -0.05) is 154 Å². The number of ether oxygens (including phenoxy) is 5. The molecular formula is C77H62Cl3IN6O9S3. The van der Waals surface area contributed by atoms with Gasteiger partial charge in [0.2, 0.25) is 0 Å². The third-order valence-corrected chi connectivity index (χ3v) is 17.5. The number of halogens is 4. The number of para-hydroxylation sites is 3. The number of aromatic nitrogens is 6. The highest BCUT2D eigenvalue weighted by Gasteiger charge is 2.19. The van der Waals surface area contributed by atoms with Crippen LogP contribution < -0.4 is 14.2 Å². The van der Waals surface area contributed by atoms with Crippen LogP contribution >= 0.6 is 92.7 Å². The van der Waals surface area contributed by atoms with Crippen molar-refractivity contribution in [2.45, 2.75) is 68.2 Å². The zero-order valence-electron chi connectivity index (χ0n) is 54.0. The van der Waals surface area contributed by atoms with Crippen LogP contribution in [0.3, 0.4) is 0 Å². The number of carbonyl (C=O) groups is 3. The number of benzene rings is 9. The molecule has 3 aromatic heterocycles. The molecule has 500 valence electrons. The molecule has 99 heavy (non-hydrogen) atoms. The molecule has 9 aromatic carbocycles. The lowest BCUT2D eigenvalue weighted by Gasteiger charge is -2.18. The van der Waals surface area contributed by atoms with Crippen molar-refractivity contribution in [1.82, 2.24) is 29.9 Å². The fraction of sp³-hybridized carbons (Fsp3) is 0.143. The van der Waals surface area contributed by atoms with E-state index in [1.54, 1.807) is 12.1 Å². The second-order valence-electron chi connectivity index (χ2n) is 23.0. The molecule has 0 atom stereocenters. The molecule has 15 nitrogen and oxygen atoms in total. The Labute approximate surface area is 614 Å². The molecule has 0 spiro atoms. The number of hydrogen-bond donors (Lipinski definition) is 4. The average Bonchev–Trinajstić information content (AvgIpc) is 1.71.